The smallest absolute Gasteiger partial charge is 0.354 e. The minimum Gasteiger partial charge on any atom is -0.466 e. The molecule has 0 saturated carbocycles. The van der Waals surface area contributed by atoms with Gasteiger partial charge >= 0.3 is 11.9 Å². The molecule has 6 heteroatoms. The number of carbonyl (C=O) groups is 3. The van der Waals surface area contributed by atoms with Crippen LogP contribution in [0.1, 0.15) is 37.1 Å². The van der Waals surface area contributed by atoms with Crippen LogP contribution in [0.15, 0.2) is 72.4 Å². The number of nitrogens with zero attached hydrogens (tertiary/aromatic N) is 1. The molecule has 1 aliphatic heterocycles. The monoisotopic (exact) mass is 421 g/mol. The van der Waals surface area contributed by atoms with E-state index in [9.17, 15) is 14.4 Å². The Morgan fingerprint density at radius 2 is 1.26 bits per heavy atom. The van der Waals surface area contributed by atoms with Crippen LogP contribution in [-0.4, -0.2) is 36.8 Å². The van der Waals surface area contributed by atoms with Gasteiger partial charge in [0.25, 0.3) is 0 Å². The van der Waals surface area contributed by atoms with E-state index in [1.807, 2.05) is 79.4 Å². The highest BCUT2D eigenvalue weighted by Crippen LogP contribution is 2.48. The lowest BCUT2D eigenvalue weighted by molar-refractivity contribution is -0.145. The van der Waals surface area contributed by atoms with Crippen molar-refractivity contribution < 1.29 is 23.9 Å². The topological polar surface area (TPSA) is 72.9 Å². The summed E-state index contributed by atoms with van der Waals surface area (Å²) in [5, 5.41) is 0. The molecule has 3 rings (SSSR count). The zero-order chi connectivity index (χ0) is 22.5. The molecule has 0 N–H and O–H groups in total. The fourth-order valence-electron chi connectivity index (χ4n) is 4.39. The Morgan fingerprint density at radius 3 is 1.65 bits per heavy atom. The summed E-state index contributed by atoms with van der Waals surface area (Å²) in [5.74, 6) is -2.07. The Bertz CT molecular complexity index is 914. The summed E-state index contributed by atoms with van der Waals surface area (Å²) >= 11 is 0. The van der Waals surface area contributed by atoms with Gasteiger partial charge in [0.2, 0.25) is 0 Å². The minimum atomic E-state index is -0.670. The summed E-state index contributed by atoms with van der Waals surface area (Å²) in [4.78, 5) is 40.3. The van der Waals surface area contributed by atoms with Crippen LogP contribution < -0.4 is 0 Å². The first-order chi connectivity index (χ1) is 14.9. The lowest BCUT2D eigenvalue weighted by atomic mass is 9.74. The number of hydrogen-bond donors (Lipinski definition) is 0. The third-order valence-corrected chi connectivity index (χ3v) is 5.85. The third kappa shape index (κ3) is 4.38. The van der Waals surface area contributed by atoms with E-state index in [1.165, 1.54) is 14.2 Å². The van der Waals surface area contributed by atoms with E-state index in [-0.39, 0.29) is 11.5 Å². The molecule has 2 aromatic rings. The maximum Gasteiger partial charge on any atom is 0.354 e. The summed E-state index contributed by atoms with van der Waals surface area (Å²) in [6.45, 7) is 3.72. The number of carbonyl (C=O) groups excluding carboxylic acids is 3. The van der Waals surface area contributed by atoms with Gasteiger partial charge in [-0.15, -0.1) is 0 Å². The van der Waals surface area contributed by atoms with Crippen LogP contribution in [0.25, 0.3) is 0 Å². The van der Waals surface area contributed by atoms with Crippen molar-refractivity contribution in [1.82, 2.24) is 4.90 Å². The van der Waals surface area contributed by atoms with Crippen molar-refractivity contribution in [3.63, 3.8) is 0 Å². The van der Waals surface area contributed by atoms with E-state index < -0.39 is 35.9 Å². The molecule has 31 heavy (non-hydrogen) atoms. The molecule has 0 unspecified atom stereocenters. The van der Waals surface area contributed by atoms with Gasteiger partial charge in [-0.25, -0.2) is 9.59 Å². The first kappa shape index (κ1) is 22.3. The van der Waals surface area contributed by atoms with Crippen molar-refractivity contribution in [1.29, 1.82) is 0 Å². The van der Waals surface area contributed by atoms with Gasteiger partial charge in [0.05, 0.1) is 32.4 Å². The van der Waals surface area contributed by atoms with Gasteiger partial charge in [-0.3, -0.25) is 4.79 Å². The fraction of sp³-hybridized carbons (Fsp3) is 0.320. The standard InChI is InChI=1S/C25H27NO5/c1-16-22(18-11-7-5-8-12-18)26(20(25(29)31-4)15-21(27)30-3)23(17(2)24(16)28)19-13-9-6-10-14-19/h5-17,22-23H,1-4H3/b20-15+/t16-,17+,22-,23+. The van der Waals surface area contributed by atoms with Crippen LogP contribution >= 0.6 is 0 Å². The van der Waals surface area contributed by atoms with Gasteiger partial charge in [0.15, 0.2) is 0 Å². The van der Waals surface area contributed by atoms with Crippen LogP contribution in [0.4, 0.5) is 0 Å². The fourth-order valence-corrected chi connectivity index (χ4v) is 4.39. The zero-order valence-electron chi connectivity index (χ0n) is 18.1. The number of hydrogen-bond acceptors (Lipinski definition) is 6. The van der Waals surface area contributed by atoms with Crippen molar-refractivity contribution in [2.75, 3.05) is 14.2 Å². The van der Waals surface area contributed by atoms with Crippen LogP contribution in [0.2, 0.25) is 0 Å². The van der Waals surface area contributed by atoms with Crippen molar-refractivity contribution in [3.05, 3.63) is 83.6 Å². The first-order valence-corrected chi connectivity index (χ1v) is 10.2. The van der Waals surface area contributed by atoms with Crippen molar-refractivity contribution in [3.8, 4) is 0 Å². The molecule has 1 aliphatic rings. The number of rotatable bonds is 5. The van der Waals surface area contributed by atoms with E-state index in [0.29, 0.717) is 0 Å². The molecule has 0 aliphatic carbocycles. The average Bonchev–Trinajstić information content (AvgIpc) is 2.81. The van der Waals surface area contributed by atoms with Crippen LogP contribution in [0, 0.1) is 11.8 Å². The molecule has 0 bridgehead atoms. The van der Waals surface area contributed by atoms with Gasteiger partial charge in [-0.2, -0.15) is 0 Å². The van der Waals surface area contributed by atoms with Gasteiger partial charge in [0.1, 0.15) is 11.5 Å². The predicted molar refractivity (Wildman–Crippen MR) is 116 cm³/mol. The molecule has 1 saturated heterocycles. The Kier molecular flexibility index (Phi) is 6.90. The van der Waals surface area contributed by atoms with Crippen molar-refractivity contribution >= 4 is 17.7 Å². The van der Waals surface area contributed by atoms with E-state index in [4.69, 9.17) is 9.47 Å². The molecule has 0 aromatic heterocycles. The van der Waals surface area contributed by atoms with Gasteiger partial charge in [0, 0.05) is 11.8 Å². The summed E-state index contributed by atoms with van der Waals surface area (Å²) in [7, 11) is 2.52. The Labute approximate surface area is 182 Å². The molecule has 0 spiro atoms. The highest BCUT2D eigenvalue weighted by Gasteiger charge is 2.48. The predicted octanol–water partition coefficient (Wildman–Crippen LogP) is 3.86. The normalized spacial score (nSPS) is 23.9. The molecule has 0 amide bonds. The van der Waals surface area contributed by atoms with Crippen molar-refractivity contribution in [2.24, 2.45) is 11.8 Å². The molecule has 162 valence electrons. The number of methoxy groups -OCH3 is 2. The number of esters is 2. The Balaban J connectivity index is 2.29. The first-order valence-electron chi connectivity index (χ1n) is 10.2. The van der Waals surface area contributed by atoms with E-state index >= 15 is 0 Å². The molecular formula is C25H27NO5. The number of benzene rings is 2. The van der Waals surface area contributed by atoms with Crippen LogP contribution in [0.3, 0.4) is 0 Å². The average molecular weight is 421 g/mol. The highest BCUT2D eigenvalue weighted by molar-refractivity contribution is 5.96. The second-order valence-corrected chi connectivity index (χ2v) is 7.64. The number of ether oxygens (including phenoxy) is 2. The number of piperidine rings is 1. The summed E-state index contributed by atoms with van der Waals surface area (Å²) in [5.41, 5.74) is 1.80. The van der Waals surface area contributed by atoms with Gasteiger partial charge in [-0.05, 0) is 11.1 Å². The SMILES string of the molecule is COC(=O)/C=C(\C(=O)OC)N1[C@H](c2ccccc2)[C@H](C)C(=O)[C@H](C)[C@@H]1c1ccccc1. The molecule has 4 atom stereocenters. The highest BCUT2D eigenvalue weighted by atomic mass is 16.5. The maximum atomic E-state index is 13.3. The molecule has 2 aromatic carbocycles. The number of likely N-dealkylation sites (tertiary alicyclic amines) is 1. The molecule has 1 heterocycles. The Morgan fingerprint density at radius 1 is 0.806 bits per heavy atom. The van der Waals surface area contributed by atoms with Gasteiger partial charge < -0.3 is 14.4 Å². The largest absolute Gasteiger partial charge is 0.466 e. The summed E-state index contributed by atoms with van der Waals surface area (Å²) in [6, 6.07) is 18.1. The zero-order valence-corrected chi connectivity index (χ0v) is 18.1. The van der Waals surface area contributed by atoms with Crippen LogP contribution in [0.5, 0.6) is 0 Å². The lowest BCUT2D eigenvalue weighted by Gasteiger charge is -2.49. The van der Waals surface area contributed by atoms with Crippen LogP contribution in [-0.2, 0) is 23.9 Å². The Hall–Kier alpha value is -3.41. The number of ketones is 1. The maximum absolute atomic E-state index is 13.3. The second kappa shape index (κ2) is 9.60. The third-order valence-electron chi connectivity index (χ3n) is 5.85. The number of Topliss-reactive ketones (excluding diaryl/α,β-unsaturated/α-hetero) is 1. The van der Waals surface area contributed by atoms with Crippen molar-refractivity contribution in [2.45, 2.75) is 25.9 Å². The molecule has 6 nitrogen and oxygen atoms in total. The van der Waals surface area contributed by atoms with E-state index in [0.717, 1.165) is 17.2 Å². The van der Waals surface area contributed by atoms with E-state index in [2.05, 4.69) is 0 Å². The minimum absolute atomic E-state index is 0.0586. The molecule has 1 fully saturated rings. The second-order valence-electron chi connectivity index (χ2n) is 7.64. The summed E-state index contributed by atoms with van der Waals surface area (Å²) in [6.07, 6.45) is 1.15. The molecular weight excluding hydrogens is 394 g/mol. The van der Waals surface area contributed by atoms with E-state index in [1.54, 1.807) is 0 Å². The lowest BCUT2D eigenvalue weighted by Crippen LogP contribution is -2.50. The quantitative estimate of drug-likeness (QED) is 0.539. The van der Waals surface area contributed by atoms with Gasteiger partial charge in [-0.1, -0.05) is 74.5 Å². The molecule has 0 radical (unpaired) electrons. The summed E-state index contributed by atoms with van der Waals surface area (Å²) < 4.78 is 9.84.